The van der Waals surface area contributed by atoms with Gasteiger partial charge in [0.1, 0.15) is 6.54 Å². The first-order valence-electron chi connectivity index (χ1n) is 6.31. The highest BCUT2D eigenvalue weighted by Gasteiger charge is 2.25. The van der Waals surface area contributed by atoms with E-state index in [4.69, 9.17) is 11.6 Å². The van der Waals surface area contributed by atoms with Crippen LogP contribution in [-0.2, 0) is 9.59 Å². The zero-order valence-corrected chi connectivity index (χ0v) is 11.8. The van der Waals surface area contributed by atoms with Gasteiger partial charge in [-0.2, -0.15) is 0 Å². The second-order valence-electron chi connectivity index (χ2n) is 4.88. The first-order valence-corrected chi connectivity index (χ1v) is 6.69. The second kappa shape index (κ2) is 5.61. The van der Waals surface area contributed by atoms with Gasteiger partial charge in [-0.3, -0.25) is 9.59 Å². The maximum absolute atomic E-state index is 11.8. The van der Waals surface area contributed by atoms with Crippen molar-refractivity contribution in [2.24, 2.45) is 0 Å². The lowest BCUT2D eigenvalue weighted by molar-refractivity contribution is -0.123. The third-order valence-electron chi connectivity index (χ3n) is 3.07. The molecule has 1 saturated carbocycles. The topological polar surface area (TPSA) is 49.4 Å². The average molecular weight is 281 g/mol. The van der Waals surface area contributed by atoms with Crippen LogP contribution in [0.25, 0.3) is 0 Å². The monoisotopic (exact) mass is 280 g/mol. The molecule has 2 rings (SSSR count). The van der Waals surface area contributed by atoms with Gasteiger partial charge in [-0.15, -0.1) is 0 Å². The van der Waals surface area contributed by atoms with E-state index in [0.29, 0.717) is 11.1 Å². The summed E-state index contributed by atoms with van der Waals surface area (Å²) in [6.07, 6.45) is 2.07. The fraction of sp³-hybridized carbons (Fsp3) is 0.429. The Bertz CT molecular complexity index is 512. The number of aryl methyl sites for hydroxylation is 1. The fourth-order valence-corrected chi connectivity index (χ4v) is 2.16. The summed E-state index contributed by atoms with van der Waals surface area (Å²) >= 11 is 5.90. The van der Waals surface area contributed by atoms with Crippen LogP contribution in [0.4, 0.5) is 5.69 Å². The van der Waals surface area contributed by atoms with E-state index in [1.807, 2.05) is 6.92 Å². The van der Waals surface area contributed by atoms with E-state index in [1.165, 1.54) is 11.8 Å². The van der Waals surface area contributed by atoms with E-state index in [9.17, 15) is 9.59 Å². The highest BCUT2D eigenvalue weighted by Crippen LogP contribution is 2.24. The summed E-state index contributed by atoms with van der Waals surface area (Å²) in [5.41, 5.74) is 1.60. The molecular formula is C14H17ClN2O2. The van der Waals surface area contributed by atoms with Crippen molar-refractivity contribution in [3.63, 3.8) is 0 Å². The largest absolute Gasteiger partial charge is 0.352 e. The normalized spacial score (nSPS) is 14.1. The minimum atomic E-state index is -0.156. The summed E-state index contributed by atoms with van der Waals surface area (Å²) in [6, 6.07) is 5.57. The lowest BCUT2D eigenvalue weighted by atomic mass is 10.1. The smallest absolute Gasteiger partial charge is 0.240 e. The predicted octanol–water partition coefficient (Wildman–Crippen LogP) is 2.28. The van der Waals surface area contributed by atoms with Crippen LogP contribution in [0.5, 0.6) is 0 Å². The van der Waals surface area contributed by atoms with Crippen LogP contribution in [0.3, 0.4) is 0 Å². The van der Waals surface area contributed by atoms with E-state index in [-0.39, 0.29) is 18.4 Å². The Hall–Kier alpha value is -1.55. The van der Waals surface area contributed by atoms with Crippen molar-refractivity contribution < 1.29 is 9.59 Å². The molecule has 19 heavy (non-hydrogen) atoms. The molecule has 0 aromatic heterocycles. The molecular weight excluding hydrogens is 264 g/mol. The molecule has 0 bridgehead atoms. The van der Waals surface area contributed by atoms with Crippen molar-refractivity contribution >= 4 is 29.1 Å². The molecule has 0 atom stereocenters. The van der Waals surface area contributed by atoms with Crippen molar-refractivity contribution in [2.75, 3.05) is 11.4 Å². The molecule has 1 aliphatic carbocycles. The molecule has 0 heterocycles. The van der Waals surface area contributed by atoms with Crippen LogP contribution < -0.4 is 10.2 Å². The molecule has 0 radical (unpaired) electrons. The molecule has 5 heteroatoms. The molecule has 1 N–H and O–H groups in total. The third-order valence-corrected chi connectivity index (χ3v) is 3.31. The van der Waals surface area contributed by atoms with Crippen LogP contribution in [-0.4, -0.2) is 24.4 Å². The van der Waals surface area contributed by atoms with E-state index in [2.05, 4.69) is 5.32 Å². The molecule has 102 valence electrons. The van der Waals surface area contributed by atoms with Gasteiger partial charge < -0.3 is 10.2 Å². The van der Waals surface area contributed by atoms with Gasteiger partial charge in [0.25, 0.3) is 0 Å². The molecule has 0 aliphatic heterocycles. The molecule has 0 spiro atoms. The SMILES string of the molecule is CC(=O)N(CC(=O)NC1CC1)c1ccc(Cl)cc1C. The van der Waals surface area contributed by atoms with Crippen molar-refractivity contribution in [2.45, 2.75) is 32.7 Å². The molecule has 1 aromatic carbocycles. The van der Waals surface area contributed by atoms with E-state index < -0.39 is 0 Å². The lowest BCUT2D eigenvalue weighted by Crippen LogP contribution is -2.40. The van der Waals surface area contributed by atoms with Gasteiger partial charge in [-0.05, 0) is 43.5 Å². The quantitative estimate of drug-likeness (QED) is 0.920. The Morgan fingerprint density at radius 2 is 2.11 bits per heavy atom. The molecule has 1 aliphatic rings. The van der Waals surface area contributed by atoms with E-state index >= 15 is 0 Å². The molecule has 1 aromatic rings. The van der Waals surface area contributed by atoms with Gasteiger partial charge in [0.05, 0.1) is 0 Å². The summed E-state index contributed by atoms with van der Waals surface area (Å²) in [7, 11) is 0. The predicted molar refractivity (Wildman–Crippen MR) is 75.4 cm³/mol. The lowest BCUT2D eigenvalue weighted by Gasteiger charge is -2.22. The number of carbonyl (C=O) groups is 2. The van der Waals surface area contributed by atoms with Crippen LogP contribution in [0.1, 0.15) is 25.3 Å². The zero-order valence-electron chi connectivity index (χ0n) is 11.1. The van der Waals surface area contributed by atoms with Gasteiger partial charge in [-0.25, -0.2) is 0 Å². The zero-order chi connectivity index (χ0) is 14.0. The van der Waals surface area contributed by atoms with Crippen molar-refractivity contribution in [1.82, 2.24) is 5.32 Å². The van der Waals surface area contributed by atoms with Crippen LogP contribution in [0, 0.1) is 6.92 Å². The molecule has 1 fully saturated rings. The number of nitrogens with one attached hydrogen (secondary N) is 1. The number of rotatable bonds is 4. The molecule has 0 saturated heterocycles. The Balaban J connectivity index is 2.14. The highest BCUT2D eigenvalue weighted by atomic mass is 35.5. The maximum Gasteiger partial charge on any atom is 0.240 e. The number of amides is 2. The number of nitrogens with zero attached hydrogens (tertiary/aromatic N) is 1. The number of hydrogen-bond donors (Lipinski definition) is 1. The number of halogens is 1. The summed E-state index contributed by atoms with van der Waals surface area (Å²) in [6.45, 7) is 3.38. The van der Waals surface area contributed by atoms with Crippen LogP contribution >= 0.6 is 11.6 Å². The summed E-state index contributed by atoms with van der Waals surface area (Å²) < 4.78 is 0. The highest BCUT2D eigenvalue weighted by molar-refractivity contribution is 6.30. The van der Waals surface area contributed by atoms with Crippen molar-refractivity contribution in [3.8, 4) is 0 Å². The molecule has 4 nitrogen and oxygen atoms in total. The number of hydrogen-bond acceptors (Lipinski definition) is 2. The van der Waals surface area contributed by atoms with Gasteiger partial charge >= 0.3 is 0 Å². The summed E-state index contributed by atoms with van der Waals surface area (Å²) in [5.74, 6) is -0.275. The second-order valence-corrected chi connectivity index (χ2v) is 5.31. The summed E-state index contributed by atoms with van der Waals surface area (Å²) in [5, 5.41) is 3.50. The Morgan fingerprint density at radius 3 is 2.63 bits per heavy atom. The number of anilines is 1. The van der Waals surface area contributed by atoms with Crippen molar-refractivity contribution in [3.05, 3.63) is 28.8 Å². The minimum absolute atomic E-state index is 0.0499. The molecule has 2 amide bonds. The maximum atomic E-state index is 11.8. The Labute approximate surface area is 117 Å². The van der Waals surface area contributed by atoms with Crippen LogP contribution in [0.2, 0.25) is 5.02 Å². The van der Waals surface area contributed by atoms with Crippen molar-refractivity contribution in [1.29, 1.82) is 0 Å². The minimum Gasteiger partial charge on any atom is -0.352 e. The van der Waals surface area contributed by atoms with Crippen LogP contribution in [0.15, 0.2) is 18.2 Å². The van der Waals surface area contributed by atoms with Gasteiger partial charge in [-0.1, -0.05) is 11.6 Å². The summed E-state index contributed by atoms with van der Waals surface area (Å²) in [4.78, 5) is 25.0. The van der Waals surface area contributed by atoms with E-state index in [1.54, 1.807) is 18.2 Å². The van der Waals surface area contributed by atoms with Gasteiger partial charge in [0.15, 0.2) is 0 Å². The average Bonchev–Trinajstić information content (AvgIpc) is 3.10. The first kappa shape index (κ1) is 13.9. The fourth-order valence-electron chi connectivity index (χ4n) is 1.93. The van der Waals surface area contributed by atoms with Gasteiger partial charge in [0, 0.05) is 23.7 Å². The third kappa shape index (κ3) is 3.70. The number of benzene rings is 1. The van der Waals surface area contributed by atoms with Gasteiger partial charge in [0.2, 0.25) is 11.8 Å². The molecule has 0 unspecified atom stereocenters. The Kier molecular flexibility index (Phi) is 4.10. The standard InChI is InChI=1S/C14H17ClN2O2/c1-9-7-11(15)3-6-13(9)17(10(2)18)8-14(19)16-12-4-5-12/h3,6-7,12H,4-5,8H2,1-2H3,(H,16,19). The first-order chi connectivity index (χ1) is 8.97. The number of carbonyl (C=O) groups excluding carboxylic acids is 2. The van der Waals surface area contributed by atoms with E-state index in [0.717, 1.165) is 24.1 Å². The Morgan fingerprint density at radius 1 is 1.42 bits per heavy atom.